The number of nitrogens with one attached hydrogen (secondary N) is 1. The molecular formula is C21H33N5OS. The molecule has 0 aliphatic carbocycles. The quantitative estimate of drug-likeness (QED) is 0.374. The molecule has 1 aromatic heterocycles. The normalized spacial score (nSPS) is 13.0. The first-order valence-corrected chi connectivity index (χ1v) is 10.5. The van der Waals surface area contributed by atoms with Gasteiger partial charge in [0.15, 0.2) is 5.96 Å². The maximum absolute atomic E-state index is 5.34. The second kappa shape index (κ2) is 11.8. The summed E-state index contributed by atoms with van der Waals surface area (Å²) in [6, 6.07) is 10.6. The Morgan fingerprint density at radius 3 is 2.68 bits per heavy atom. The van der Waals surface area contributed by atoms with Crippen molar-refractivity contribution < 1.29 is 4.74 Å². The third-order valence-corrected chi connectivity index (χ3v) is 5.59. The third kappa shape index (κ3) is 7.22. The molecule has 0 aliphatic rings. The van der Waals surface area contributed by atoms with Crippen LogP contribution in [0.1, 0.15) is 35.7 Å². The summed E-state index contributed by atoms with van der Waals surface area (Å²) in [5.74, 6) is 0.889. The molecular weight excluding hydrogens is 370 g/mol. The molecule has 1 atom stereocenters. The number of benzene rings is 1. The van der Waals surface area contributed by atoms with Crippen LogP contribution in [0.4, 0.5) is 0 Å². The fourth-order valence-electron chi connectivity index (χ4n) is 2.91. The first kappa shape index (κ1) is 22.3. The van der Waals surface area contributed by atoms with Crippen molar-refractivity contribution in [1.29, 1.82) is 0 Å². The number of thiazole rings is 1. The second-order valence-corrected chi connectivity index (χ2v) is 7.85. The van der Waals surface area contributed by atoms with Crippen LogP contribution in [0.3, 0.4) is 0 Å². The highest BCUT2D eigenvalue weighted by molar-refractivity contribution is 7.09. The van der Waals surface area contributed by atoms with Gasteiger partial charge >= 0.3 is 0 Å². The number of hydrogen-bond acceptors (Lipinski definition) is 5. The highest BCUT2D eigenvalue weighted by Gasteiger charge is 2.12. The van der Waals surface area contributed by atoms with Gasteiger partial charge in [-0.05, 0) is 32.5 Å². The fraction of sp³-hybridized carbons (Fsp3) is 0.524. The average molecular weight is 404 g/mol. The molecule has 0 bridgehead atoms. The van der Waals surface area contributed by atoms with E-state index in [0.29, 0.717) is 0 Å². The van der Waals surface area contributed by atoms with Crippen molar-refractivity contribution >= 4 is 17.3 Å². The summed E-state index contributed by atoms with van der Waals surface area (Å²) in [4.78, 5) is 13.5. The van der Waals surface area contributed by atoms with Crippen molar-refractivity contribution in [3.63, 3.8) is 0 Å². The topological polar surface area (TPSA) is 53.0 Å². The number of rotatable bonds is 10. The minimum absolute atomic E-state index is 0.0365. The van der Waals surface area contributed by atoms with Gasteiger partial charge in [-0.25, -0.2) is 4.98 Å². The summed E-state index contributed by atoms with van der Waals surface area (Å²) >= 11 is 1.64. The molecule has 0 spiro atoms. The lowest BCUT2D eigenvalue weighted by molar-refractivity contribution is 0.119. The van der Waals surface area contributed by atoms with Crippen LogP contribution in [0.2, 0.25) is 0 Å². The van der Waals surface area contributed by atoms with E-state index in [1.807, 2.05) is 21.0 Å². The second-order valence-electron chi connectivity index (χ2n) is 6.96. The monoisotopic (exact) mass is 403 g/mol. The van der Waals surface area contributed by atoms with E-state index >= 15 is 0 Å². The van der Waals surface area contributed by atoms with Gasteiger partial charge in [0.25, 0.3) is 0 Å². The van der Waals surface area contributed by atoms with Gasteiger partial charge < -0.3 is 19.9 Å². The summed E-state index contributed by atoms with van der Waals surface area (Å²) < 4.78 is 5.34. The van der Waals surface area contributed by atoms with Gasteiger partial charge in [-0.3, -0.25) is 4.99 Å². The van der Waals surface area contributed by atoms with Crippen LogP contribution in [0.15, 0.2) is 40.7 Å². The number of aromatic nitrogens is 1. The summed E-state index contributed by atoms with van der Waals surface area (Å²) in [7, 11) is 7.73. The molecule has 1 heterocycles. The zero-order chi connectivity index (χ0) is 20.4. The van der Waals surface area contributed by atoms with Crippen molar-refractivity contribution in [2.45, 2.75) is 32.5 Å². The molecule has 1 aromatic carbocycles. The summed E-state index contributed by atoms with van der Waals surface area (Å²) in [5, 5.41) is 6.55. The Morgan fingerprint density at radius 1 is 1.25 bits per heavy atom. The Kier molecular flexibility index (Phi) is 9.40. The number of aliphatic imine (C=N–C) groups is 1. The maximum Gasteiger partial charge on any atom is 0.193 e. The van der Waals surface area contributed by atoms with Crippen molar-refractivity contribution in [3.05, 3.63) is 52.0 Å². The molecule has 1 unspecified atom stereocenters. The largest absolute Gasteiger partial charge is 0.375 e. The van der Waals surface area contributed by atoms with E-state index in [0.717, 1.165) is 49.3 Å². The molecule has 2 aromatic rings. The number of nitrogens with zero attached hydrogens (tertiary/aromatic N) is 4. The smallest absolute Gasteiger partial charge is 0.193 e. The number of hydrogen-bond donors (Lipinski definition) is 1. The Bertz CT molecular complexity index is 719. The zero-order valence-electron chi connectivity index (χ0n) is 17.7. The van der Waals surface area contributed by atoms with Crippen molar-refractivity contribution in [2.24, 2.45) is 4.99 Å². The van der Waals surface area contributed by atoms with Gasteiger partial charge in [-0.1, -0.05) is 30.3 Å². The van der Waals surface area contributed by atoms with Gasteiger partial charge in [0, 0.05) is 39.7 Å². The predicted octanol–water partition coefficient (Wildman–Crippen LogP) is 3.38. The van der Waals surface area contributed by atoms with Crippen molar-refractivity contribution in [3.8, 4) is 0 Å². The molecule has 6 nitrogen and oxygen atoms in total. The standard InChI is InChI=1S/C21H33N5OS/c1-17(27-5)20-24-19(16-28-20)15-26(4)21(22-2)23-12-9-13-25(3)14-18-10-7-6-8-11-18/h6-8,10-11,16-17H,9,12-15H2,1-5H3,(H,22,23). The van der Waals surface area contributed by atoms with Gasteiger partial charge in [-0.2, -0.15) is 0 Å². The van der Waals surface area contributed by atoms with E-state index in [1.165, 1.54) is 5.56 Å². The highest BCUT2D eigenvalue weighted by Crippen LogP contribution is 2.20. The minimum Gasteiger partial charge on any atom is -0.375 e. The lowest BCUT2D eigenvalue weighted by Crippen LogP contribution is -2.39. The average Bonchev–Trinajstić information content (AvgIpc) is 3.16. The molecule has 0 fully saturated rings. The molecule has 0 amide bonds. The van der Waals surface area contributed by atoms with Crippen molar-refractivity contribution in [1.82, 2.24) is 20.1 Å². The molecule has 0 aliphatic heterocycles. The highest BCUT2D eigenvalue weighted by atomic mass is 32.1. The predicted molar refractivity (Wildman–Crippen MR) is 118 cm³/mol. The van der Waals surface area contributed by atoms with Crippen LogP contribution < -0.4 is 5.32 Å². The van der Waals surface area contributed by atoms with Gasteiger partial charge in [0.05, 0.1) is 12.2 Å². The molecule has 7 heteroatoms. The van der Waals surface area contributed by atoms with E-state index in [-0.39, 0.29) is 6.10 Å². The maximum atomic E-state index is 5.34. The van der Waals surface area contributed by atoms with Crippen LogP contribution in [-0.4, -0.2) is 62.1 Å². The molecule has 0 saturated heterocycles. The Hall–Kier alpha value is -1.96. The Balaban J connectivity index is 1.72. The number of guanidine groups is 1. The summed E-state index contributed by atoms with van der Waals surface area (Å²) in [6.07, 6.45) is 1.09. The third-order valence-electron chi connectivity index (χ3n) is 4.54. The number of methoxy groups -OCH3 is 1. The summed E-state index contributed by atoms with van der Waals surface area (Å²) in [6.45, 7) is 5.63. The van der Waals surface area contributed by atoms with Gasteiger partial charge in [0.2, 0.25) is 0 Å². The SMILES string of the molecule is CN=C(NCCCN(C)Cc1ccccc1)N(C)Cc1csc(C(C)OC)n1. The van der Waals surface area contributed by atoms with E-state index < -0.39 is 0 Å². The van der Waals surface area contributed by atoms with Gasteiger partial charge in [-0.15, -0.1) is 11.3 Å². The Morgan fingerprint density at radius 2 is 2.00 bits per heavy atom. The lowest BCUT2D eigenvalue weighted by atomic mass is 10.2. The van der Waals surface area contributed by atoms with Crippen LogP contribution in [0.25, 0.3) is 0 Å². The van der Waals surface area contributed by atoms with Crippen molar-refractivity contribution in [2.75, 3.05) is 41.3 Å². The Labute approximate surface area is 173 Å². The van der Waals surface area contributed by atoms with E-state index in [9.17, 15) is 0 Å². The molecule has 0 saturated carbocycles. The van der Waals surface area contributed by atoms with Gasteiger partial charge in [0.1, 0.15) is 11.1 Å². The molecule has 28 heavy (non-hydrogen) atoms. The molecule has 154 valence electrons. The summed E-state index contributed by atoms with van der Waals surface area (Å²) in [5.41, 5.74) is 2.39. The fourth-order valence-corrected chi connectivity index (χ4v) is 3.75. The molecule has 2 rings (SSSR count). The molecule has 0 radical (unpaired) electrons. The molecule has 1 N–H and O–H groups in total. The first-order chi connectivity index (χ1) is 13.5. The van der Waals surface area contributed by atoms with Crippen LogP contribution >= 0.6 is 11.3 Å². The first-order valence-electron chi connectivity index (χ1n) is 9.64. The number of ether oxygens (including phenoxy) is 1. The van der Waals surface area contributed by atoms with Crippen LogP contribution in [0, 0.1) is 0 Å². The van der Waals surface area contributed by atoms with E-state index in [1.54, 1.807) is 18.4 Å². The minimum atomic E-state index is 0.0365. The lowest BCUT2D eigenvalue weighted by Gasteiger charge is -2.22. The van der Waals surface area contributed by atoms with E-state index in [4.69, 9.17) is 4.74 Å². The van der Waals surface area contributed by atoms with Crippen LogP contribution in [0.5, 0.6) is 0 Å². The van der Waals surface area contributed by atoms with E-state index in [2.05, 4.69) is 67.9 Å². The zero-order valence-corrected chi connectivity index (χ0v) is 18.5. The van der Waals surface area contributed by atoms with Crippen LogP contribution in [-0.2, 0) is 17.8 Å².